The van der Waals surface area contributed by atoms with Crippen LogP contribution in [0.3, 0.4) is 0 Å². The lowest BCUT2D eigenvalue weighted by molar-refractivity contribution is -0.318. The van der Waals surface area contributed by atoms with Gasteiger partial charge in [0.1, 0.15) is 0 Å². The number of fused-ring (bicyclic) bond motifs is 1. The third-order valence-electron chi connectivity index (χ3n) is 2.24. The minimum absolute atomic E-state index is 0.773. The molecule has 3 heterocycles. The van der Waals surface area contributed by atoms with E-state index in [0.717, 1.165) is 23.0 Å². The zero-order valence-corrected chi connectivity index (χ0v) is 8.89. The number of hydrogen-bond donors (Lipinski definition) is 0. The van der Waals surface area contributed by atoms with Gasteiger partial charge in [-0.25, -0.2) is 4.57 Å². The van der Waals surface area contributed by atoms with Crippen molar-refractivity contribution in [3.63, 3.8) is 0 Å². The number of phosphoric acid groups is 1. The molecule has 3 aliphatic heterocycles. The summed E-state index contributed by atoms with van der Waals surface area (Å²) in [6.07, 6.45) is 0.841. The Morgan fingerprint density at radius 2 is 2.00 bits per heavy atom. The molecule has 3 aliphatic rings. The third kappa shape index (κ3) is 1.31. The van der Waals surface area contributed by atoms with Crippen LogP contribution in [0.1, 0.15) is 12.5 Å². The molecule has 3 saturated heterocycles. The van der Waals surface area contributed by atoms with Crippen molar-refractivity contribution in [2.24, 2.45) is 0 Å². The van der Waals surface area contributed by atoms with Gasteiger partial charge in [-0.15, -0.1) is 19.0 Å². The highest BCUT2D eigenvalue weighted by atomic mass is 31.2. The Kier molecular flexibility index (Phi) is 1.89. The third-order valence-corrected chi connectivity index (χ3v) is 3.28. The van der Waals surface area contributed by atoms with E-state index in [0.29, 0.717) is 0 Å². The van der Waals surface area contributed by atoms with Gasteiger partial charge in [-0.2, -0.15) is 0 Å². The number of hydrogen-bond acceptors (Lipinski definition) is 6. The smallest absolute Gasteiger partial charge is 0.222 e. The van der Waals surface area contributed by atoms with Gasteiger partial charge in [0, 0.05) is 0 Å². The van der Waals surface area contributed by atoms with Crippen molar-refractivity contribution in [1.29, 1.82) is 0 Å². The van der Waals surface area contributed by atoms with Gasteiger partial charge >= 0.3 is 7.82 Å². The van der Waals surface area contributed by atoms with Gasteiger partial charge in [0.05, 0.1) is 11.0 Å². The van der Waals surface area contributed by atoms with Gasteiger partial charge in [0.25, 0.3) is 0 Å². The van der Waals surface area contributed by atoms with Crippen molar-refractivity contribution >= 4 is 13.5 Å². The standard InChI is InChI=1S/C8H9N2O4P/c1-2-7-5-3-4-6-8(7)9-10-13-15(11,12-9)14-10/h3-6H,2H2,1H3. The highest BCUT2D eigenvalue weighted by Crippen LogP contribution is 2.67. The SMILES string of the molecule is CCc1ccccc1N1OP2(=O)ON1O2. The Labute approximate surface area is 86.4 Å². The largest absolute Gasteiger partial charge is 0.538 e. The molecule has 7 heteroatoms. The lowest BCUT2D eigenvalue weighted by atomic mass is 10.1. The minimum Gasteiger partial charge on any atom is -0.222 e. The first-order valence-corrected chi connectivity index (χ1v) is 6.05. The van der Waals surface area contributed by atoms with E-state index in [-0.39, 0.29) is 0 Å². The van der Waals surface area contributed by atoms with E-state index in [4.69, 9.17) is 13.9 Å². The summed E-state index contributed by atoms with van der Waals surface area (Å²) in [7, 11) is -3.30. The molecule has 1 aromatic carbocycles. The summed E-state index contributed by atoms with van der Waals surface area (Å²) in [5, 5.41) is 2.24. The van der Waals surface area contributed by atoms with Gasteiger partial charge in [-0.3, -0.25) is 0 Å². The normalized spacial score (nSPS) is 32.9. The number of hydrazine groups is 1. The molecule has 0 N–H and O–H groups in total. The lowest BCUT2D eigenvalue weighted by Crippen LogP contribution is -2.34. The van der Waals surface area contributed by atoms with E-state index in [1.165, 1.54) is 5.17 Å². The molecule has 80 valence electrons. The van der Waals surface area contributed by atoms with Gasteiger partial charge in [0.15, 0.2) is 0 Å². The molecule has 0 radical (unpaired) electrons. The van der Waals surface area contributed by atoms with Crippen LogP contribution in [0.2, 0.25) is 0 Å². The highest BCUT2D eigenvalue weighted by Gasteiger charge is 2.60. The molecule has 0 aromatic heterocycles. The predicted molar refractivity (Wildman–Crippen MR) is 51.0 cm³/mol. The molecule has 1 aromatic rings. The monoisotopic (exact) mass is 228 g/mol. The van der Waals surface area contributed by atoms with E-state index in [2.05, 4.69) is 0 Å². The topological polar surface area (TPSA) is 51.2 Å². The van der Waals surface area contributed by atoms with E-state index < -0.39 is 7.82 Å². The Morgan fingerprint density at radius 3 is 2.60 bits per heavy atom. The first kappa shape index (κ1) is 9.33. The van der Waals surface area contributed by atoms with Gasteiger partial charge in [0.2, 0.25) is 0 Å². The first-order valence-electron chi connectivity index (χ1n) is 4.59. The second-order valence-electron chi connectivity index (χ2n) is 3.19. The molecule has 6 nitrogen and oxygen atoms in total. The molecule has 0 unspecified atom stereocenters. The first-order chi connectivity index (χ1) is 7.22. The molecule has 15 heavy (non-hydrogen) atoms. The van der Waals surface area contributed by atoms with Crippen LogP contribution in [-0.2, 0) is 24.9 Å². The molecule has 2 bridgehead atoms. The Hall–Kier alpha value is -0.910. The molecular weight excluding hydrogens is 219 g/mol. The molecule has 0 amide bonds. The van der Waals surface area contributed by atoms with Crippen molar-refractivity contribution in [3.8, 4) is 0 Å². The molecular formula is C8H9N2O4P. The fourth-order valence-corrected chi connectivity index (χ4v) is 2.41. The molecule has 0 atom stereocenters. The maximum Gasteiger partial charge on any atom is 0.538 e. The number of aryl methyl sites for hydroxylation is 1. The fraction of sp³-hybridized carbons (Fsp3) is 0.250. The van der Waals surface area contributed by atoms with Crippen LogP contribution >= 0.6 is 7.82 Å². The van der Waals surface area contributed by atoms with Crippen molar-refractivity contribution in [2.75, 3.05) is 5.17 Å². The van der Waals surface area contributed by atoms with Gasteiger partial charge < -0.3 is 0 Å². The van der Waals surface area contributed by atoms with Crippen LogP contribution in [0.15, 0.2) is 24.3 Å². The summed E-state index contributed by atoms with van der Waals surface area (Å²) >= 11 is 0. The van der Waals surface area contributed by atoms with Crippen LogP contribution in [0.5, 0.6) is 0 Å². The average Bonchev–Trinajstić information content (AvgIpc) is 2.71. The van der Waals surface area contributed by atoms with Crippen LogP contribution in [-0.4, -0.2) is 5.34 Å². The zero-order valence-electron chi connectivity index (χ0n) is 7.99. The van der Waals surface area contributed by atoms with E-state index >= 15 is 0 Å². The Balaban J connectivity index is 1.97. The van der Waals surface area contributed by atoms with E-state index in [1.54, 1.807) is 0 Å². The van der Waals surface area contributed by atoms with Crippen molar-refractivity contribution in [1.82, 2.24) is 5.34 Å². The Morgan fingerprint density at radius 1 is 1.27 bits per heavy atom. The number of rotatable bonds is 2. The molecule has 0 spiro atoms. The molecule has 3 fully saturated rings. The zero-order chi connectivity index (χ0) is 10.5. The van der Waals surface area contributed by atoms with Gasteiger partial charge in [-0.1, -0.05) is 25.1 Å². The van der Waals surface area contributed by atoms with Crippen LogP contribution in [0.25, 0.3) is 0 Å². The van der Waals surface area contributed by atoms with E-state index in [9.17, 15) is 4.57 Å². The Bertz CT molecular complexity index is 442. The van der Waals surface area contributed by atoms with Gasteiger partial charge in [-0.05, 0) is 18.1 Å². The van der Waals surface area contributed by atoms with Crippen LogP contribution in [0.4, 0.5) is 5.69 Å². The van der Waals surface area contributed by atoms with Crippen molar-refractivity contribution in [3.05, 3.63) is 29.8 Å². The fourth-order valence-electron chi connectivity index (χ4n) is 1.53. The second-order valence-corrected chi connectivity index (χ2v) is 4.57. The summed E-state index contributed by atoms with van der Waals surface area (Å²) in [4.78, 5) is 0. The highest BCUT2D eigenvalue weighted by molar-refractivity contribution is 7.49. The van der Waals surface area contributed by atoms with Crippen molar-refractivity contribution in [2.45, 2.75) is 13.3 Å². The number of benzene rings is 1. The molecule has 4 rings (SSSR count). The summed E-state index contributed by atoms with van der Waals surface area (Å²) < 4.78 is 25.9. The summed E-state index contributed by atoms with van der Waals surface area (Å²) in [5.74, 6) is 0. The quantitative estimate of drug-likeness (QED) is 0.723. The second kappa shape index (κ2) is 3.04. The summed E-state index contributed by atoms with van der Waals surface area (Å²) in [5.41, 5.74) is 1.83. The molecule has 0 aliphatic carbocycles. The number of nitrogens with zero attached hydrogens (tertiary/aromatic N) is 2. The molecule has 0 saturated carbocycles. The van der Waals surface area contributed by atoms with Crippen LogP contribution < -0.4 is 5.17 Å². The maximum atomic E-state index is 11.3. The summed E-state index contributed by atoms with van der Waals surface area (Å²) in [6.45, 7) is 2.03. The maximum absolute atomic E-state index is 11.3. The minimum atomic E-state index is -3.30. The average molecular weight is 228 g/mol. The summed E-state index contributed by atoms with van der Waals surface area (Å²) in [6, 6.07) is 7.61. The number of anilines is 1. The predicted octanol–water partition coefficient (Wildman–Crippen LogP) is 2.20. The lowest BCUT2D eigenvalue weighted by Gasteiger charge is -2.22. The van der Waals surface area contributed by atoms with Crippen molar-refractivity contribution < 1.29 is 18.4 Å². The van der Waals surface area contributed by atoms with E-state index in [1.807, 2.05) is 31.2 Å². The van der Waals surface area contributed by atoms with Crippen LogP contribution in [0, 0.1) is 0 Å². The number of para-hydroxylation sites is 1.